The Hall–Kier alpha value is -2.21. The van der Waals surface area contributed by atoms with Gasteiger partial charge in [-0.2, -0.15) is 0 Å². The molecule has 0 aliphatic heterocycles. The van der Waals surface area contributed by atoms with Gasteiger partial charge in [0.05, 0.1) is 12.7 Å². The summed E-state index contributed by atoms with van der Waals surface area (Å²) in [6.07, 6.45) is 1.54. The number of aromatic nitrogens is 1. The number of aliphatic carboxylic acids is 1. The van der Waals surface area contributed by atoms with Crippen molar-refractivity contribution >= 4 is 5.97 Å². The highest BCUT2D eigenvalue weighted by atomic mass is 19.1. The van der Waals surface area contributed by atoms with Crippen molar-refractivity contribution < 1.29 is 18.7 Å². The highest BCUT2D eigenvalue weighted by Gasteiger charge is 2.21. The molecule has 0 fully saturated rings. The van der Waals surface area contributed by atoms with E-state index in [1.807, 2.05) is 13.8 Å². The summed E-state index contributed by atoms with van der Waals surface area (Å²) in [4.78, 5) is 15.2. The normalized spacial score (nSPS) is 12.6. The number of carbonyl (C=O) groups is 1. The minimum atomic E-state index is -0.907. The van der Waals surface area contributed by atoms with Crippen molar-refractivity contribution in [3.05, 3.63) is 42.2 Å². The van der Waals surface area contributed by atoms with Crippen molar-refractivity contribution in [1.29, 1.82) is 0 Å². The average molecular weight is 292 g/mol. The van der Waals surface area contributed by atoms with Crippen molar-refractivity contribution in [3.63, 3.8) is 0 Å². The zero-order valence-electron chi connectivity index (χ0n) is 11.8. The van der Waals surface area contributed by atoms with Crippen LogP contribution in [0, 0.1) is 11.7 Å². The lowest BCUT2D eigenvalue weighted by atomic mass is 10.1. The molecule has 0 aliphatic carbocycles. The molecule has 6 heteroatoms. The van der Waals surface area contributed by atoms with Crippen LogP contribution in [0.5, 0.6) is 0 Å². The first kappa shape index (κ1) is 15.2. The zero-order chi connectivity index (χ0) is 15.4. The fourth-order valence-electron chi connectivity index (χ4n) is 1.95. The molecule has 112 valence electrons. The summed E-state index contributed by atoms with van der Waals surface area (Å²) in [5.74, 6) is -0.366. The summed E-state index contributed by atoms with van der Waals surface area (Å²) in [6, 6.07) is 5.22. The maximum Gasteiger partial charge on any atom is 0.320 e. The number of carboxylic acid groups (broad SMARTS) is 1. The highest BCUT2D eigenvalue weighted by Crippen LogP contribution is 2.20. The summed E-state index contributed by atoms with van der Waals surface area (Å²) in [7, 11) is 0. The van der Waals surface area contributed by atoms with E-state index in [1.165, 1.54) is 18.3 Å². The smallest absolute Gasteiger partial charge is 0.320 e. The summed E-state index contributed by atoms with van der Waals surface area (Å²) >= 11 is 0. The minimum absolute atomic E-state index is 0.0472. The zero-order valence-corrected chi connectivity index (χ0v) is 11.8. The van der Waals surface area contributed by atoms with E-state index >= 15 is 0 Å². The standard InChI is InChI=1S/C15H17FN2O3/c1-9(2)14(15(19)20)18-8-13-17-7-12(21-13)10-3-5-11(16)6-4-10/h3-7,9,14,18H,8H2,1-2H3,(H,19,20). The molecular weight excluding hydrogens is 275 g/mol. The number of halogens is 1. The molecule has 2 aromatic rings. The van der Waals surface area contributed by atoms with Crippen molar-refractivity contribution in [2.75, 3.05) is 0 Å². The van der Waals surface area contributed by atoms with Gasteiger partial charge in [-0.1, -0.05) is 13.8 Å². The predicted molar refractivity (Wildman–Crippen MR) is 75.0 cm³/mol. The van der Waals surface area contributed by atoms with Crippen LogP contribution in [0.1, 0.15) is 19.7 Å². The number of oxazole rings is 1. The number of benzene rings is 1. The molecule has 0 aliphatic rings. The maximum atomic E-state index is 12.9. The van der Waals surface area contributed by atoms with Crippen LogP contribution in [-0.2, 0) is 11.3 Å². The molecule has 0 saturated heterocycles. The van der Waals surface area contributed by atoms with Gasteiger partial charge < -0.3 is 9.52 Å². The van der Waals surface area contributed by atoms with Crippen LogP contribution < -0.4 is 5.32 Å². The van der Waals surface area contributed by atoms with Crippen LogP contribution in [0.15, 0.2) is 34.9 Å². The first-order valence-electron chi connectivity index (χ1n) is 6.64. The number of rotatable bonds is 6. The topological polar surface area (TPSA) is 75.4 Å². The summed E-state index contributed by atoms with van der Waals surface area (Å²) in [5.41, 5.74) is 0.716. The number of nitrogens with one attached hydrogen (secondary N) is 1. The summed E-state index contributed by atoms with van der Waals surface area (Å²) in [6.45, 7) is 3.87. The molecular formula is C15H17FN2O3. The third-order valence-electron chi connectivity index (χ3n) is 3.09. The second-order valence-corrected chi connectivity index (χ2v) is 5.07. The third kappa shape index (κ3) is 3.88. The Bertz CT molecular complexity index is 608. The van der Waals surface area contributed by atoms with Crippen molar-refractivity contribution in [1.82, 2.24) is 10.3 Å². The maximum absolute atomic E-state index is 12.9. The molecule has 1 atom stereocenters. The van der Waals surface area contributed by atoms with Gasteiger partial charge in [-0.25, -0.2) is 9.37 Å². The molecule has 5 nitrogen and oxygen atoms in total. The van der Waals surface area contributed by atoms with Gasteiger partial charge in [-0.05, 0) is 30.2 Å². The molecule has 1 heterocycles. The second kappa shape index (κ2) is 6.49. The number of hydrogen-bond donors (Lipinski definition) is 2. The fourth-order valence-corrected chi connectivity index (χ4v) is 1.95. The lowest BCUT2D eigenvalue weighted by molar-refractivity contribution is -0.140. The molecule has 0 bridgehead atoms. The second-order valence-electron chi connectivity index (χ2n) is 5.07. The highest BCUT2D eigenvalue weighted by molar-refractivity contribution is 5.73. The molecule has 0 saturated carbocycles. The molecule has 0 spiro atoms. The van der Waals surface area contributed by atoms with E-state index in [1.54, 1.807) is 12.1 Å². The summed E-state index contributed by atoms with van der Waals surface area (Å²) in [5, 5.41) is 12.0. The molecule has 0 amide bonds. The van der Waals surface area contributed by atoms with Gasteiger partial charge in [-0.3, -0.25) is 10.1 Å². The van der Waals surface area contributed by atoms with E-state index in [9.17, 15) is 9.18 Å². The monoisotopic (exact) mass is 292 g/mol. The van der Waals surface area contributed by atoms with E-state index in [0.29, 0.717) is 17.2 Å². The van der Waals surface area contributed by atoms with Crippen LogP contribution in [0.3, 0.4) is 0 Å². The van der Waals surface area contributed by atoms with Gasteiger partial charge in [0.1, 0.15) is 11.9 Å². The van der Waals surface area contributed by atoms with Crippen LogP contribution in [0.25, 0.3) is 11.3 Å². The van der Waals surface area contributed by atoms with Crippen LogP contribution in [0.4, 0.5) is 4.39 Å². The number of hydrogen-bond acceptors (Lipinski definition) is 4. The molecule has 1 unspecified atom stereocenters. The van der Waals surface area contributed by atoms with E-state index < -0.39 is 12.0 Å². The Morgan fingerprint density at radius 3 is 2.62 bits per heavy atom. The van der Waals surface area contributed by atoms with Gasteiger partial charge in [0.25, 0.3) is 0 Å². The van der Waals surface area contributed by atoms with Gasteiger partial charge >= 0.3 is 5.97 Å². The minimum Gasteiger partial charge on any atom is -0.480 e. The number of nitrogens with zero attached hydrogens (tertiary/aromatic N) is 1. The Morgan fingerprint density at radius 1 is 1.38 bits per heavy atom. The largest absolute Gasteiger partial charge is 0.480 e. The molecule has 0 radical (unpaired) electrons. The SMILES string of the molecule is CC(C)C(NCc1ncc(-c2ccc(F)cc2)o1)C(=O)O. The quantitative estimate of drug-likeness (QED) is 0.856. The van der Waals surface area contributed by atoms with Gasteiger partial charge in [-0.15, -0.1) is 0 Å². The molecule has 1 aromatic heterocycles. The third-order valence-corrected chi connectivity index (χ3v) is 3.09. The van der Waals surface area contributed by atoms with Crippen molar-refractivity contribution in [3.8, 4) is 11.3 Å². The average Bonchev–Trinajstić information content (AvgIpc) is 2.87. The van der Waals surface area contributed by atoms with Crippen molar-refractivity contribution in [2.45, 2.75) is 26.4 Å². The van der Waals surface area contributed by atoms with Crippen molar-refractivity contribution in [2.24, 2.45) is 5.92 Å². The van der Waals surface area contributed by atoms with E-state index in [-0.39, 0.29) is 18.3 Å². The predicted octanol–water partition coefficient (Wildman–Crippen LogP) is 2.68. The Labute approximate surface area is 121 Å². The lowest BCUT2D eigenvalue weighted by Crippen LogP contribution is -2.40. The number of carboxylic acids is 1. The summed E-state index contributed by atoms with van der Waals surface area (Å²) < 4.78 is 18.4. The molecule has 2 N–H and O–H groups in total. The van der Waals surface area contributed by atoms with Crippen LogP contribution in [-0.4, -0.2) is 22.1 Å². The molecule has 1 aromatic carbocycles. The van der Waals surface area contributed by atoms with Crippen LogP contribution in [0.2, 0.25) is 0 Å². The van der Waals surface area contributed by atoms with Gasteiger partial charge in [0.2, 0.25) is 5.89 Å². The van der Waals surface area contributed by atoms with Crippen LogP contribution >= 0.6 is 0 Å². The van der Waals surface area contributed by atoms with Gasteiger partial charge in [0.15, 0.2) is 5.76 Å². The Balaban J connectivity index is 2.03. The Morgan fingerprint density at radius 2 is 2.05 bits per heavy atom. The van der Waals surface area contributed by atoms with E-state index in [0.717, 1.165) is 0 Å². The molecule has 2 rings (SSSR count). The Kier molecular flexibility index (Phi) is 4.70. The van der Waals surface area contributed by atoms with E-state index in [2.05, 4.69) is 10.3 Å². The van der Waals surface area contributed by atoms with E-state index in [4.69, 9.17) is 9.52 Å². The fraction of sp³-hybridized carbons (Fsp3) is 0.333. The first-order chi connectivity index (χ1) is 9.97. The van der Waals surface area contributed by atoms with Gasteiger partial charge in [0, 0.05) is 5.56 Å². The lowest BCUT2D eigenvalue weighted by Gasteiger charge is -2.16. The first-order valence-corrected chi connectivity index (χ1v) is 6.64. The molecule has 21 heavy (non-hydrogen) atoms.